The van der Waals surface area contributed by atoms with E-state index < -0.39 is 0 Å². The summed E-state index contributed by atoms with van der Waals surface area (Å²) in [5.41, 5.74) is -0.428. The molecule has 3 fully saturated rings. The maximum Gasteiger partial charge on any atom is 0.309 e. The molecule has 5 aliphatic carbocycles. The van der Waals surface area contributed by atoms with Crippen LogP contribution in [-0.2, 0) is 14.3 Å². The molecule has 0 unspecified atom stereocenters. The second-order valence-electron chi connectivity index (χ2n) is 10.4. The molecule has 2 bridgehead atoms. The lowest BCUT2D eigenvalue weighted by atomic mass is 9.69. The van der Waals surface area contributed by atoms with E-state index in [1.165, 1.54) is 6.42 Å². The third kappa shape index (κ3) is 3.45. The van der Waals surface area contributed by atoms with Crippen molar-refractivity contribution in [1.82, 2.24) is 5.32 Å². The molecule has 1 N–H and O–H groups in total. The third-order valence-electron chi connectivity index (χ3n) is 7.70. The van der Waals surface area contributed by atoms with E-state index in [-0.39, 0.29) is 40.8 Å². The van der Waals surface area contributed by atoms with Crippen LogP contribution >= 0.6 is 0 Å². The Morgan fingerprint density at radius 1 is 1.04 bits per heavy atom. The minimum Gasteiger partial charge on any atom is -0.461 e. The molecule has 0 aromatic rings. The fourth-order valence-corrected chi connectivity index (χ4v) is 6.04. The number of ether oxygens (including phenoxy) is 1. The molecule has 3 saturated carbocycles. The molecule has 1 spiro atoms. The number of amides is 1. The standard InChI is InChI=1S/C23H35NO3/c1-22(2,3)21(26)24-18-6-4-12-23(18)13-5-7-19(23)27-20(25)17-14-15-8-10-16(17)11-9-15/h8,10,15-19H,4-7,9,11-14H2,1-3H3,(H,24,26)/t15-,16+,17-,18+,19-,23+/m1/s1. The fraction of sp³-hybridized carbons (Fsp3) is 0.826. The summed E-state index contributed by atoms with van der Waals surface area (Å²) < 4.78 is 6.21. The van der Waals surface area contributed by atoms with Gasteiger partial charge in [-0.3, -0.25) is 9.59 Å². The normalized spacial score (nSPS) is 40.5. The van der Waals surface area contributed by atoms with Crippen LogP contribution in [0.1, 0.15) is 78.6 Å². The first-order chi connectivity index (χ1) is 12.8. The van der Waals surface area contributed by atoms with Gasteiger partial charge < -0.3 is 10.1 Å². The molecule has 6 atom stereocenters. The molecule has 0 heterocycles. The first kappa shape index (κ1) is 19.0. The summed E-state index contributed by atoms with van der Waals surface area (Å²) >= 11 is 0. The highest BCUT2D eigenvalue weighted by Crippen LogP contribution is 2.53. The molecule has 5 aliphatic rings. The number of allylic oxidation sites excluding steroid dienone is 2. The Hall–Kier alpha value is -1.32. The molecular formula is C23H35NO3. The largest absolute Gasteiger partial charge is 0.461 e. The van der Waals surface area contributed by atoms with Crippen LogP contribution in [0.3, 0.4) is 0 Å². The predicted molar refractivity (Wildman–Crippen MR) is 105 cm³/mol. The summed E-state index contributed by atoms with van der Waals surface area (Å²) in [4.78, 5) is 25.6. The summed E-state index contributed by atoms with van der Waals surface area (Å²) in [5, 5.41) is 3.32. The van der Waals surface area contributed by atoms with Crippen molar-refractivity contribution in [2.75, 3.05) is 0 Å². The summed E-state index contributed by atoms with van der Waals surface area (Å²) in [6.07, 6.45) is 14.1. The molecular weight excluding hydrogens is 338 g/mol. The number of hydrogen-bond acceptors (Lipinski definition) is 3. The predicted octanol–water partition coefficient (Wildman–Crippen LogP) is 4.39. The van der Waals surface area contributed by atoms with Crippen LogP contribution in [0.15, 0.2) is 12.2 Å². The number of hydrogen-bond donors (Lipinski definition) is 1. The zero-order valence-electron chi connectivity index (χ0n) is 17.1. The van der Waals surface area contributed by atoms with Crippen molar-refractivity contribution in [3.05, 3.63) is 12.2 Å². The number of esters is 1. The van der Waals surface area contributed by atoms with Crippen molar-refractivity contribution in [2.24, 2.45) is 28.6 Å². The van der Waals surface area contributed by atoms with E-state index in [4.69, 9.17) is 4.74 Å². The molecule has 0 radical (unpaired) electrons. The van der Waals surface area contributed by atoms with E-state index >= 15 is 0 Å². The van der Waals surface area contributed by atoms with Gasteiger partial charge in [0.1, 0.15) is 6.10 Å². The van der Waals surface area contributed by atoms with Crippen LogP contribution in [-0.4, -0.2) is 24.0 Å². The maximum atomic E-state index is 13.0. The van der Waals surface area contributed by atoms with Crippen molar-refractivity contribution in [1.29, 1.82) is 0 Å². The lowest BCUT2D eigenvalue weighted by Gasteiger charge is -2.41. The second kappa shape index (κ2) is 6.93. The maximum absolute atomic E-state index is 13.0. The number of rotatable bonds is 3. The summed E-state index contributed by atoms with van der Waals surface area (Å²) in [6, 6.07) is 0.146. The van der Waals surface area contributed by atoms with Gasteiger partial charge in [-0.2, -0.15) is 0 Å². The van der Waals surface area contributed by atoms with Crippen molar-refractivity contribution < 1.29 is 14.3 Å². The van der Waals surface area contributed by atoms with Crippen LogP contribution in [0.5, 0.6) is 0 Å². The number of carbonyl (C=O) groups is 2. The number of nitrogens with one attached hydrogen (secondary N) is 1. The first-order valence-corrected chi connectivity index (χ1v) is 11.0. The molecule has 27 heavy (non-hydrogen) atoms. The second-order valence-corrected chi connectivity index (χ2v) is 10.4. The molecule has 0 aliphatic heterocycles. The lowest BCUT2D eigenvalue weighted by molar-refractivity contribution is -0.163. The molecule has 0 aromatic carbocycles. The zero-order chi connectivity index (χ0) is 19.2. The first-order valence-electron chi connectivity index (χ1n) is 11.0. The van der Waals surface area contributed by atoms with Gasteiger partial charge in [0, 0.05) is 16.9 Å². The van der Waals surface area contributed by atoms with Gasteiger partial charge in [0.25, 0.3) is 0 Å². The highest BCUT2D eigenvalue weighted by Gasteiger charge is 2.54. The summed E-state index contributed by atoms with van der Waals surface area (Å²) in [5.74, 6) is 1.12. The van der Waals surface area contributed by atoms with Crippen LogP contribution in [0.4, 0.5) is 0 Å². The Labute approximate surface area is 163 Å². The fourth-order valence-electron chi connectivity index (χ4n) is 6.04. The van der Waals surface area contributed by atoms with Crippen molar-refractivity contribution >= 4 is 11.9 Å². The van der Waals surface area contributed by atoms with Gasteiger partial charge in [-0.1, -0.05) is 39.3 Å². The zero-order valence-corrected chi connectivity index (χ0v) is 17.1. The smallest absolute Gasteiger partial charge is 0.309 e. The van der Waals surface area contributed by atoms with Crippen LogP contribution < -0.4 is 5.32 Å². The molecule has 4 nitrogen and oxygen atoms in total. The third-order valence-corrected chi connectivity index (χ3v) is 7.70. The highest BCUT2D eigenvalue weighted by atomic mass is 16.5. The number of carbonyl (C=O) groups excluding carboxylic acids is 2. The van der Waals surface area contributed by atoms with Crippen LogP contribution in [0, 0.1) is 28.6 Å². The molecule has 0 saturated heterocycles. The van der Waals surface area contributed by atoms with E-state index in [9.17, 15) is 9.59 Å². The summed E-state index contributed by atoms with van der Waals surface area (Å²) in [6.45, 7) is 5.88. The highest BCUT2D eigenvalue weighted by molar-refractivity contribution is 5.81. The van der Waals surface area contributed by atoms with Gasteiger partial charge in [0.2, 0.25) is 5.91 Å². The van der Waals surface area contributed by atoms with E-state index in [1.807, 2.05) is 20.8 Å². The Kier molecular flexibility index (Phi) is 4.88. The van der Waals surface area contributed by atoms with E-state index in [2.05, 4.69) is 17.5 Å². The van der Waals surface area contributed by atoms with E-state index in [0.29, 0.717) is 11.8 Å². The summed E-state index contributed by atoms with van der Waals surface area (Å²) in [7, 11) is 0. The molecule has 1 amide bonds. The Morgan fingerprint density at radius 2 is 1.78 bits per heavy atom. The molecule has 0 aromatic heterocycles. The Balaban J connectivity index is 1.45. The van der Waals surface area contributed by atoms with Gasteiger partial charge in [0.15, 0.2) is 0 Å². The van der Waals surface area contributed by atoms with E-state index in [0.717, 1.165) is 51.4 Å². The Bertz CT molecular complexity index is 630. The van der Waals surface area contributed by atoms with Crippen molar-refractivity contribution in [3.63, 3.8) is 0 Å². The van der Waals surface area contributed by atoms with Crippen LogP contribution in [0.2, 0.25) is 0 Å². The minimum atomic E-state index is -0.387. The van der Waals surface area contributed by atoms with Gasteiger partial charge in [-0.25, -0.2) is 0 Å². The minimum absolute atomic E-state index is 0.0214. The molecule has 4 heteroatoms. The Morgan fingerprint density at radius 3 is 2.37 bits per heavy atom. The quantitative estimate of drug-likeness (QED) is 0.590. The number of fused-ring (bicyclic) bond motifs is 2. The lowest BCUT2D eigenvalue weighted by Crippen LogP contribution is -2.52. The van der Waals surface area contributed by atoms with Crippen LogP contribution in [0.25, 0.3) is 0 Å². The van der Waals surface area contributed by atoms with Gasteiger partial charge in [-0.05, 0) is 63.2 Å². The molecule has 5 rings (SSSR count). The van der Waals surface area contributed by atoms with Gasteiger partial charge in [-0.15, -0.1) is 0 Å². The average Bonchev–Trinajstić information content (AvgIpc) is 3.23. The van der Waals surface area contributed by atoms with Crippen molar-refractivity contribution in [3.8, 4) is 0 Å². The topological polar surface area (TPSA) is 55.4 Å². The van der Waals surface area contributed by atoms with Gasteiger partial charge in [0.05, 0.1) is 5.92 Å². The SMILES string of the molecule is CC(C)(C)C(=O)N[C@H]1CCC[C@]12CCC[C@H]2OC(=O)[C@@H]1C[C@@H]2C=C[C@H]1CC2. The van der Waals surface area contributed by atoms with Crippen molar-refractivity contribution in [2.45, 2.75) is 90.7 Å². The van der Waals surface area contributed by atoms with Gasteiger partial charge >= 0.3 is 5.97 Å². The van der Waals surface area contributed by atoms with E-state index in [1.54, 1.807) is 0 Å². The average molecular weight is 374 g/mol. The monoisotopic (exact) mass is 373 g/mol. The molecule has 150 valence electrons.